The summed E-state index contributed by atoms with van der Waals surface area (Å²) >= 11 is 0. The second-order valence-electron chi connectivity index (χ2n) is 5.43. The molecule has 2 aromatic carbocycles. The van der Waals surface area contributed by atoms with Gasteiger partial charge in [0.1, 0.15) is 11.0 Å². The number of nitriles is 1. The first-order valence-corrected chi connectivity index (χ1v) is 8.71. The van der Waals surface area contributed by atoms with Gasteiger partial charge in [-0.05, 0) is 42.8 Å². The first kappa shape index (κ1) is 15.8. The zero-order valence-electron chi connectivity index (χ0n) is 12.9. The molecule has 0 radical (unpaired) electrons. The minimum Gasteiger partial charge on any atom is -0.399 e. The Morgan fingerprint density at radius 3 is 2.58 bits per heavy atom. The van der Waals surface area contributed by atoms with E-state index >= 15 is 0 Å². The Bertz CT molecular complexity index is 1090. The highest BCUT2D eigenvalue weighted by Crippen LogP contribution is 2.26. The molecule has 0 unspecified atom stereocenters. The van der Waals surface area contributed by atoms with Crippen molar-refractivity contribution in [3.8, 4) is 6.07 Å². The molecule has 3 aromatic rings. The van der Waals surface area contributed by atoms with Gasteiger partial charge in [-0.2, -0.15) is 5.26 Å². The first-order valence-electron chi connectivity index (χ1n) is 7.22. The Balaban J connectivity index is 2.14. The Morgan fingerprint density at radius 2 is 1.92 bits per heavy atom. The van der Waals surface area contributed by atoms with Crippen molar-refractivity contribution in [3.63, 3.8) is 0 Å². The second kappa shape index (κ2) is 5.87. The summed E-state index contributed by atoms with van der Waals surface area (Å²) in [6.07, 6.45) is 3.09. The molecule has 0 bridgehead atoms. The zero-order valence-corrected chi connectivity index (χ0v) is 13.8. The summed E-state index contributed by atoms with van der Waals surface area (Å²) in [5.41, 5.74) is 8.67. The molecule has 0 aliphatic carbocycles. The van der Waals surface area contributed by atoms with Crippen LogP contribution in [-0.2, 0) is 9.84 Å². The number of aromatic amines is 1. The van der Waals surface area contributed by atoms with Gasteiger partial charge in [-0.25, -0.2) is 8.42 Å². The number of nitrogens with two attached hydrogens (primary N) is 1. The third-order valence-electron chi connectivity index (χ3n) is 3.83. The lowest BCUT2D eigenvalue weighted by atomic mass is 10.1. The van der Waals surface area contributed by atoms with Crippen LogP contribution in [0.4, 0.5) is 5.69 Å². The Hall–Kier alpha value is -3.04. The fourth-order valence-corrected chi connectivity index (χ4v) is 3.68. The van der Waals surface area contributed by atoms with Gasteiger partial charge in [0, 0.05) is 28.4 Å². The number of nitrogens with zero attached hydrogens (tertiary/aromatic N) is 1. The average molecular weight is 337 g/mol. The number of allylic oxidation sites excluding steroid dienone is 1. The van der Waals surface area contributed by atoms with Gasteiger partial charge in [-0.3, -0.25) is 0 Å². The Kier molecular flexibility index (Phi) is 3.87. The highest BCUT2D eigenvalue weighted by molar-refractivity contribution is 7.95. The molecule has 120 valence electrons. The number of rotatable bonds is 3. The van der Waals surface area contributed by atoms with Crippen molar-refractivity contribution in [2.45, 2.75) is 11.8 Å². The molecule has 6 heteroatoms. The van der Waals surface area contributed by atoms with Crippen molar-refractivity contribution >= 4 is 32.5 Å². The SMILES string of the molecule is Cc1cccc2c(/C=C(\C#N)S(=O)(=O)c3ccc(N)cc3)c[nH]c12. The van der Waals surface area contributed by atoms with E-state index in [1.807, 2.05) is 25.1 Å². The quantitative estimate of drug-likeness (QED) is 0.565. The Morgan fingerprint density at radius 1 is 1.21 bits per heavy atom. The molecule has 24 heavy (non-hydrogen) atoms. The number of H-pyrrole nitrogens is 1. The molecule has 0 saturated carbocycles. The Labute approximate surface area is 140 Å². The predicted octanol–water partition coefficient (Wildman–Crippen LogP) is 3.40. The van der Waals surface area contributed by atoms with Crippen molar-refractivity contribution in [2.24, 2.45) is 0 Å². The van der Waals surface area contributed by atoms with E-state index in [0.717, 1.165) is 16.5 Å². The predicted molar refractivity (Wildman–Crippen MR) is 94.7 cm³/mol. The lowest BCUT2D eigenvalue weighted by Crippen LogP contribution is -2.03. The van der Waals surface area contributed by atoms with Gasteiger partial charge in [0.15, 0.2) is 0 Å². The van der Waals surface area contributed by atoms with Crippen molar-refractivity contribution in [3.05, 3.63) is 64.7 Å². The van der Waals surface area contributed by atoms with Crippen LogP contribution in [-0.4, -0.2) is 13.4 Å². The lowest BCUT2D eigenvalue weighted by molar-refractivity contribution is 0.603. The van der Waals surface area contributed by atoms with Crippen molar-refractivity contribution in [1.29, 1.82) is 5.26 Å². The number of aryl methyl sites for hydroxylation is 1. The molecule has 1 aromatic heterocycles. The monoisotopic (exact) mass is 337 g/mol. The maximum Gasteiger partial charge on any atom is 0.216 e. The number of aromatic nitrogens is 1. The van der Waals surface area contributed by atoms with Crippen LogP contribution in [0.25, 0.3) is 17.0 Å². The number of sulfone groups is 1. The smallest absolute Gasteiger partial charge is 0.216 e. The highest BCUT2D eigenvalue weighted by atomic mass is 32.2. The molecular formula is C18H15N3O2S. The van der Waals surface area contributed by atoms with Gasteiger partial charge in [-0.15, -0.1) is 0 Å². The molecule has 0 atom stereocenters. The van der Waals surface area contributed by atoms with Gasteiger partial charge < -0.3 is 10.7 Å². The molecular weight excluding hydrogens is 322 g/mol. The van der Waals surface area contributed by atoms with Gasteiger partial charge in [-0.1, -0.05) is 18.2 Å². The maximum absolute atomic E-state index is 12.7. The number of hydrogen-bond donors (Lipinski definition) is 2. The van der Waals surface area contributed by atoms with E-state index in [4.69, 9.17) is 5.73 Å². The molecule has 1 heterocycles. The van der Waals surface area contributed by atoms with Crippen LogP contribution >= 0.6 is 0 Å². The minimum absolute atomic E-state index is 0.0421. The van der Waals surface area contributed by atoms with E-state index in [1.54, 1.807) is 12.3 Å². The van der Waals surface area contributed by atoms with Crippen LogP contribution in [0.2, 0.25) is 0 Å². The zero-order chi connectivity index (χ0) is 17.3. The third kappa shape index (κ3) is 2.66. The van der Waals surface area contributed by atoms with Gasteiger partial charge >= 0.3 is 0 Å². The van der Waals surface area contributed by atoms with Crippen molar-refractivity contribution in [2.75, 3.05) is 5.73 Å². The van der Waals surface area contributed by atoms with Crippen LogP contribution < -0.4 is 5.73 Å². The number of benzene rings is 2. The molecule has 0 spiro atoms. The summed E-state index contributed by atoms with van der Waals surface area (Å²) in [5.74, 6) is 0. The maximum atomic E-state index is 12.7. The minimum atomic E-state index is -3.89. The number of para-hydroxylation sites is 1. The van der Waals surface area contributed by atoms with Crippen LogP contribution in [0.15, 0.2) is 58.5 Å². The molecule has 0 fully saturated rings. The third-order valence-corrected chi connectivity index (χ3v) is 5.51. The molecule has 0 amide bonds. The number of hydrogen-bond acceptors (Lipinski definition) is 4. The molecule has 0 aliphatic heterocycles. The lowest BCUT2D eigenvalue weighted by Gasteiger charge is -2.03. The fraction of sp³-hybridized carbons (Fsp3) is 0.0556. The molecule has 3 rings (SSSR count). The summed E-state index contributed by atoms with van der Waals surface area (Å²) in [7, 11) is -3.89. The standard InChI is InChI=1S/C18H15N3O2S/c1-12-3-2-4-17-13(11-21-18(12)17)9-16(10-19)24(22,23)15-7-5-14(20)6-8-15/h2-9,11,21H,20H2,1H3/b16-9+. The number of anilines is 1. The van der Waals surface area contributed by atoms with E-state index in [1.165, 1.54) is 30.3 Å². The van der Waals surface area contributed by atoms with Crippen molar-refractivity contribution in [1.82, 2.24) is 4.98 Å². The topological polar surface area (TPSA) is 99.7 Å². The molecule has 5 nitrogen and oxygen atoms in total. The average Bonchev–Trinajstić information content (AvgIpc) is 2.97. The summed E-state index contributed by atoms with van der Waals surface area (Å²) < 4.78 is 25.3. The largest absolute Gasteiger partial charge is 0.399 e. The number of nitrogens with one attached hydrogen (secondary N) is 1. The van der Waals surface area contributed by atoms with E-state index in [2.05, 4.69) is 4.98 Å². The van der Waals surface area contributed by atoms with Crippen LogP contribution in [0, 0.1) is 18.3 Å². The highest BCUT2D eigenvalue weighted by Gasteiger charge is 2.21. The van der Waals surface area contributed by atoms with Crippen molar-refractivity contribution < 1.29 is 8.42 Å². The van der Waals surface area contributed by atoms with Gasteiger partial charge in [0.25, 0.3) is 0 Å². The first-order chi connectivity index (χ1) is 11.4. The number of nitrogen functional groups attached to an aromatic ring is 1. The normalized spacial score (nSPS) is 12.2. The number of fused-ring (bicyclic) bond motifs is 1. The molecule has 0 aliphatic rings. The summed E-state index contributed by atoms with van der Waals surface area (Å²) in [4.78, 5) is 2.85. The van der Waals surface area contributed by atoms with Crippen LogP contribution in [0.3, 0.4) is 0 Å². The summed E-state index contributed by atoms with van der Waals surface area (Å²) in [6, 6.07) is 13.3. The van der Waals surface area contributed by atoms with E-state index in [-0.39, 0.29) is 9.80 Å². The molecule has 3 N–H and O–H groups in total. The summed E-state index contributed by atoms with van der Waals surface area (Å²) in [5, 5.41) is 10.2. The second-order valence-corrected chi connectivity index (χ2v) is 7.35. The van der Waals surface area contributed by atoms with Crippen LogP contribution in [0.1, 0.15) is 11.1 Å². The fourth-order valence-electron chi connectivity index (χ4n) is 2.53. The summed E-state index contributed by atoms with van der Waals surface area (Å²) in [6.45, 7) is 1.96. The van der Waals surface area contributed by atoms with E-state index in [9.17, 15) is 13.7 Å². The van der Waals surface area contributed by atoms with E-state index < -0.39 is 9.84 Å². The van der Waals surface area contributed by atoms with Gasteiger partial charge in [0.2, 0.25) is 9.84 Å². The molecule has 0 saturated heterocycles. The van der Waals surface area contributed by atoms with Crippen LogP contribution in [0.5, 0.6) is 0 Å². The van der Waals surface area contributed by atoms with E-state index in [0.29, 0.717) is 11.3 Å². The van der Waals surface area contributed by atoms with Gasteiger partial charge in [0.05, 0.1) is 4.90 Å².